The Bertz CT molecular complexity index is 419. The predicted molar refractivity (Wildman–Crippen MR) is 73.3 cm³/mol. The van der Waals surface area contributed by atoms with Gasteiger partial charge in [-0.3, -0.25) is 4.68 Å². The first-order chi connectivity index (χ1) is 8.50. The van der Waals surface area contributed by atoms with Gasteiger partial charge in [0.2, 0.25) is 0 Å². The van der Waals surface area contributed by atoms with Gasteiger partial charge >= 0.3 is 0 Å². The molecule has 2 fully saturated rings. The fraction of sp³-hybridized carbons (Fsp3) is 0.800. The van der Waals surface area contributed by atoms with E-state index in [1.165, 1.54) is 37.8 Å². The quantitative estimate of drug-likeness (QED) is 0.867. The van der Waals surface area contributed by atoms with E-state index in [4.69, 9.17) is 0 Å². The minimum atomic E-state index is 0.0873. The van der Waals surface area contributed by atoms with Crippen LogP contribution < -0.4 is 5.32 Å². The predicted octanol–water partition coefficient (Wildman–Crippen LogP) is 2.92. The summed E-state index contributed by atoms with van der Waals surface area (Å²) in [6.07, 6.45) is 10.0. The van der Waals surface area contributed by atoms with Crippen molar-refractivity contribution in [3.63, 3.8) is 0 Å². The van der Waals surface area contributed by atoms with Crippen LogP contribution in [0.15, 0.2) is 12.4 Å². The van der Waals surface area contributed by atoms with Crippen LogP contribution in [0.3, 0.4) is 0 Å². The minimum Gasteiger partial charge on any atom is -0.312 e. The first-order valence-electron chi connectivity index (χ1n) is 7.24. The summed E-state index contributed by atoms with van der Waals surface area (Å²) in [5.74, 6) is 1.04. The molecule has 18 heavy (non-hydrogen) atoms. The first kappa shape index (κ1) is 12.2. The van der Waals surface area contributed by atoms with E-state index >= 15 is 0 Å². The molecule has 1 heterocycles. The molecule has 0 amide bonds. The summed E-state index contributed by atoms with van der Waals surface area (Å²) in [6.45, 7) is 8.72. The molecular formula is C15H25N3. The Kier molecular flexibility index (Phi) is 2.77. The van der Waals surface area contributed by atoms with Gasteiger partial charge in [-0.05, 0) is 57.8 Å². The molecule has 3 heteroatoms. The van der Waals surface area contributed by atoms with Gasteiger partial charge in [0.05, 0.1) is 11.7 Å². The fourth-order valence-corrected chi connectivity index (χ4v) is 2.86. The van der Waals surface area contributed by atoms with Gasteiger partial charge in [-0.2, -0.15) is 5.10 Å². The third kappa shape index (κ3) is 2.46. The lowest BCUT2D eigenvalue weighted by Crippen LogP contribution is -2.25. The van der Waals surface area contributed by atoms with Crippen LogP contribution in [0.4, 0.5) is 0 Å². The van der Waals surface area contributed by atoms with Crippen molar-refractivity contribution in [1.29, 1.82) is 0 Å². The third-order valence-electron chi connectivity index (χ3n) is 4.47. The molecule has 1 aromatic heterocycles. The number of rotatable bonds is 5. The van der Waals surface area contributed by atoms with Crippen LogP contribution in [0.2, 0.25) is 0 Å². The Balaban J connectivity index is 1.50. The van der Waals surface area contributed by atoms with Crippen molar-refractivity contribution in [2.24, 2.45) is 11.3 Å². The largest absolute Gasteiger partial charge is 0.312 e. The lowest BCUT2D eigenvalue weighted by atomic mass is 10.0. The average Bonchev–Trinajstić information content (AvgIpc) is 3.16. The Morgan fingerprint density at radius 3 is 2.61 bits per heavy atom. The van der Waals surface area contributed by atoms with Crippen molar-refractivity contribution in [2.75, 3.05) is 6.54 Å². The zero-order chi connectivity index (χ0) is 12.8. The van der Waals surface area contributed by atoms with Gasteiger partial charge in [0.1, 0.15) is 0 Å². The molecule has 0 spiro atoms. The van der Waals surface area contributed by atoms with Crippen molar-refractivity contribution in [3.05, 3.63) is 18.0 Å². The zero-order valence-corrected chi connectivity index (χ0v) is 11.9. The summed E-state index contributed by atoms with van der Waals surface area (Å²) in [5.41, 5.74) is 2.08. The lowest BCUT2D eigenvalue weighted by molar-refractivity contribution is 0.355. The number of aromatic nitrogens is 2. The molecule has 2 aliphatic rings. The van der Waals surface area contributed by atoms with Crippen LogP contribution in [0.1, 0.15) is 52.0 Å². The zero-order valence-electron chi connectivity index (χ0n) is 11.9. The second-order valence-electron chi connectivity index (χ2n) is 7.20. The van der Waals surface area contributed by atoms with E-state index in [0.717, 1.165) is 12.5 Å². The van der Waals surface area contributed by atoms with Crippen molar-refractivity contribution in [1.82, 2.24) is 15.1 Å². The molecule has 2 aliphatic carbocycles. The van der Waals surface area contributed by atoms with E-state index in [9.17, 15) is 0 Å². The van der Waals surface area contributed by atoms with Gasteiger partial charge in [-0.15, -0.1) is 0 Å². The standard InChI is InChI=1S/C15H25N3/c1-14(2,3)18-10-12(9-17-18)8-16-11-15(6-7-15)13-4-5-13/h9-10,13,16H,4-8,11H2,1-3H3. The highest BCUT2D eigenvalue weighted by Crippen LogP contribution is 2.60. The minimum absolute atomic E-state index is 0.0873. The summed E-state index contributed by atoms with van der Waals surface area (Å²) in [7, 11) is 0. The monoisotopic (exact) mass is 247 g/mol. The normalized spacial score (nSPS) is 22.2. The van der Waals surface area contributed by atoms with E-state index in [0.29, 0.717) is 5.41 Å². The van der Waals surface area contributed by atoms with Crippen molar-refractivity contribution in [3.8, 4) is 0 Å². The van der Waals surface area contributed by atoms with Crippen LogP contribution >= 0.6 is 0 Å². The van der Waals surface area contributed by atoms with Crippen LogP contribution in [0, 0.1) is 11.3 Å². The molecule has 1 N–H and O–H groups in total. The summed E-state index contributed by atoms with van der Waals surface area (Å²) in [5, 5.41) is 8.08. The van der Waals surface area contributed by atoms with Crippen LogP contribution in [0.25, 0.3) is 0 Å². The highest BCUT2D eigenvalue weighted by molar-refractivity contribution is 5.08. The summed E-state index contributed by atoms with van der Waals surface area (Å²) < 4.78 is 2.05. The van der Waals surface area contributed by atoms with Gasteiger partial charge in [-0.1, -0.05) is 0 Å². The maximum absolute atomic E-state index is 4.44. The van der Waals surface area contributed by atoms with E-state index in [-0.39, 0.29) is 5.54 Å². The van der Waals surface area contributed by atoms with Gasteiger partial charge in [-0.25, -0.2) is 0 Å². The van der Waals surface area contributed by atoms with E-state index in [1.807, 2.05) is 6.20 Å². The summed E-state index contributed by atoms with van der Waals surface area (Å²) >= 11 is 0. The van der Waals surface area contributed by atoms with Crippen molar-refractivity contribution in [2.45, 2.75) is 58.5 Å². The number of hydrogen-bond donors (Lipinski definition) is 1. The molecule has 0 atom stereocenters. The molecular weight excluding hydrogens is 222 g/mol. The van der Waals surface area contributed by atoms with E-state index < -0.39 is 0 Å². The van der Waals surface area contributed by atoms with Crippen molar-refractivity contribution >= 4 is 0 Å². The molecule has 0 aliphatic heterocycles. The molecule has 2 saturated carbocycles. The second kappa shape index (κ2) is 4.09. The maximum Gasteiger partial charge on any atom is 0.0543 e. The Morgan fingerprint density at radius 2 is 2.11 bits per heavy atom. The highest BCUT2D eigenvalue weighted by Gasteiger charge is 2.53. The SMILES string of the molecule is CC(C)(C)n1cc(CNCC2(C3CC3)CC2)cn1. The van der Waals surface area contributed by atoms with Crippen LogP contribution in [0.5, 0.6) is 0 Å². The van der Waals surface area contributed by atoms with E-state index in [2.05, 4.69) is 42.1 Å². The number of hydrogen-bond acceptors (Lipinski definition) is 2. The molecule has 0 unspecified atom stereocenters. The summed E-state index contributed by atoms with van der Waals surface area (Å²) in [6, 6.07) is 0. The topological polar surface area (TPSA) is 29.9 Å². The van der Waals surface area contributed by atoms with Crippen molar-refractivity contribution < 1.29 is 0 Å². The van der Waals surface area contributed by atoms with Gasteiger partial charge in [0.15, 0.2) is 0 Å². The number of nitrogens with one attached hydrogen (secondary N) is 1. The maximum atomic E-state index is 4.44. The fourth-order valence-electron chi connectivity index (χ4n) is 2.86. The van der Waals surface area contributed by atoms with Gasteiger partial charge in [0.25, 0.3) is 0 Å². The lowest BCUT2D eigenvalue weighted by Gasteiger charge is -2.18. The average molecular weight is 247 g/mol. The highest BCUT2D eigenvalue weighted by atomic mass is 15.3. The molecule has 100 valence electrons. The van der Waals surface area contributed by atoms with Gasteiger partial charge in [0, 0.05) is 24.8 Å². The molecule has 0 radical (unpaired) electrons. The molecule has 0 aromatic carbocycles. The molecule has 3 rings (SSSR count). The Morgan fingerprint density at radius 1 is 1.39 bits per heavy atom. The van der Waals surface area contributed by atoms with Crippen LogP contribution in [-0.4, -0.2) is 16.3 Å². The van der Waals surface area contributed by atoms with Crippen LogP contribution in [-0.2, 0) is 12.1 Å². The second-order valence-corrected chi connectivity index (χ2v) is 7.20. The Labute approximate surface area is 110 Å². The first-order valence-corrected chi connectivity index (χ1v) is 7.24. The number of nitrogens with zero attached hydrogens (tertiary/aromatic N) is 2. The summed E-state index contributed by atoms with van der Waals surface area (Å²) in [4.78, 5) is 0. The van der Waals surface area contributed by atoms with Gasteiger partial charge < -0.3 is 5.32 Å². The molecule has 3 nitrogen and oxygen atoms in total. The molecule has 0 bridgehead atoms. The van der Waals surface area contributed by atoms with E-state index in [1.54, 1.807) is 0 Å². The molecule has 0 saturated heterocycles. The molecule has 1 aromatic rings. The third-order valence-corrected chi connectivity index (χ3v) is 4.47. The Hall–Kier alpha value is -0.830. The smallest absolute Gasteiger partial charge is 0.0543 e.